The molecule has 32 heavy (non-hydrogen) atoms. The lowest BCUT2D eigenvalue weighted by Crippen LogP contribution is -2.36. The maximum Gasteiger partial charge on any atom is 0.303 e. The number of fused-ring (bicyclic) bond motifs is 5. The second-order valence-electron chi connectivity index (χ2n) is 11.7. The summed E-state index contributed by atoms with van der Waals surface area (Å²) in [5, 5.41) is 0. The molecule has 0 aromatic heterocycles. The Morgan fingerprint density at radius 2 is 1.72 bits per heavy atom. The molecule has 1 saturated carbocycles. The average molecular weight is 439 g/mol. The minimum atomic E-state index is -0.700. The first-order chi connectivity index (χ1) is 15.1. The van der Waals surface area contributed by atoms with Gasteiger partial charge in [-0.3, -0.25) is 9.59 Å². The summed E-state index contributed by atoms with van der Waals surface area (Å²) in [4.78, 5) is 24.1. The van der Waals surface area contributed by atoms with Crippen LogP contribution in [0.25, 0.3) is 0 Å². The molecule has 0 aliphatic heterocycles. The molecule has 0 saturated heterocycles. The molecule has 0 unspecified atom stereocenters. The summed E-state index contributed by atoms with van der Waals surface area (Å²) in [6, 6.07) is 4.38. The smallest absolute Gasteiger partial charge is 0.303 e. The fourth-order valence-corrected chi connectivity index (χ4v) is 7.26. The lowest BCUT2D eigenvalue weighted by molar-refractivity contribution is -0.154. The molecule has 1 aromatic carbocycles. The van der Waals surface area contributed by atoms with Gasteiger partial charge < -0.3 is 4.74 Å². The van der Waals surface area contributed by atoms with Gasteiger partial charge in [0.05, 0.1) is 0 Å². The molecular weight excluding hydrogens is 396 g/mol. The van der Waals surface area contributed by atoms with E-state index in [0.29, 0.717) is 17.8 Å². The van der Waals surface area contributed by atoms with Crippen LogP contribution in [0.1, 0.15) is 114 Å². The van der Waals surface area contributed by atoms with Gasteiger partial charge >= 0.3 is 5.97 Å². The zero-order chi connectivity index (χ0) is 23.2. The van der Waals surface area contributed by atoms with Crippen LogP contribution in [-0.4, -0.2) is 11.8 Å². The van der Waals surface area contributed by atoms with E-state index < -0.39 is 6.10 Å². The Bertz CT molecular complexity index is 885. The molecule has 3 aliphatic carbocycles. The second kappa shape index (κ2) is 8.95. The topological polar surface area (TPSA) is 43.4 Å². The Morgan fingerprint density at radius 1 is 1.03 bits per heavy atom. The van der Waals surface area contributed by atoms with E-state index in [2.05, 4.69) is 46.8 Å². The number of carbonyl (C=O) groups excluding carboxylic acids is 2. The van der Waals surface area contributed by atoms with Crippen LogP contribution < -0.4 is 0 Å². The van der Waals surface area contributed by atoms with Gasteiger partial charge in [0.25, 0.3) is 0 Å². The molecule has 0 radical (unpaired) electrons. The number of benzene rings is 1. The van der Waals surface area contributed by atoms with Crippen molar-refractivity contribution in [2.75, 3.05) is 0 Å². The largest absolute Gasteiger partial charge is 0.450 e. The van der Waals surface area contributed by atoms with Crippen LogP contribution in [0.15, 0.2) is 12.1 Å². The third-order valence-corrected chi connectivity index (χ3v) is 9.58. The monoisotopic (exact) mass is 438 g/mol. The van der Waals surface area contributed by atoms with Crippen LogP contribution >= 0.6 is 0 Å². The number of hydrogen-bond acceptors (Lipinski definition) is 3. The summed E-state index contributed by atoms with van der Waals surface area (Å²) < 4.78 is 5.45. The molecule has 176 valence electrons. The van der Waals surface area contributed by atoms with E-state index in [-0.39, 0.29) is 11.8 Å². The van der Waals surface area contributed by atoms with Crippen LogP contribution in [0.2, 0.25) is 0 Å². The van der Waals surface area contributed by atoms with Crippen molar-refractivity contribution in [1.29, 1.82) is 0 Å². The van der Waals surface area contributed by atoms with E-state index in [1.165, 1.54) is 55.7 Å². The van der Waals surface area contributed by atoms with Crippen molar-refractivity contribution in [3.05, 3.63) is 34.4 Å². The van der Waals surface area contributed by atoms with Gasteiger partial charge in [-0.2, -0.15) is 0 Å². The van der Waals surface area contributed by atoms with E-state index in [0.717, 1.165) is 42.1 Å². The van der Waals surface area contributed by atoms with E-state index in [9.17, 15) is 9.59 Å². The third-order valence-electron chi connectivity index (χ3n) is 9.58. The fraction of sp³-hybridized carbons (Fsp3) is 0.724. The van der Waals surface area contributed by atoms with Gasteiger partial charge in [-0.05, 0) is 83.8 Å². The molecule has 0 bridgehead atoms. The van der Waals surface area contributed by atoms with Crippen LogP contribution in [0.4, 0.5) is 0 Å². The van der Waals surface area contributed by atoms with Crippen LogP contribution in [0.5, 0.6) is 0 Å². The maximum absolute atomic E-state index is 12.5. The van der Waals surface area contributed by atoms with Gasteiger partial charge in [0.2, 0.25) is 0 Å². The van der Waals surface area contributed by atoms with Crippen molar-refractivity contribution in [3.63, 3.8) is 0 Å². The summed E-state index contributed by atoms with van der Waals surface area (Å²) in [5.41, 5.74) is 5.62. The SMILES string of the molecule is CC(=O)O[C@H]1C(=O)CCc2c1ccc1c2CC[C@@]2(C)[C@H]1CC[C@H]2[C@H](C)CC[C@H](C)C(C)C. The number of rotatable bonds is 6. The highest BCUT2D eigenvalue weighted by Gasteiger charge is 2.51. The molecule has 0 amide bonds. The van der Waals surface area contributed by atoms with Gasteiger partial charge in [0.15, 0.2) is 11.9 Å². The zero-order valence-corrected chi connectivity index (χ0v) is 21.0. The van der Waals surface area contributed by atoms with Crippen molar-refractivity contribution in [2.45, 2.75) is 105 Å². The number of carbonyl (C=O) groups is 2. The van der Waals surface area contributed by atoms with Crippen molar-refractivity contribution < 1.29 is 14.3 Å². The molecular formula is C29H42O3. The summed E-state index contributed by atoms with van der Waals surface area (Å²) in [6.45, 7) is 13.6. The standard InChI is InChI=1S/C29H42O3/c1-17(2)18(3)7-8-19(4)25-12-13-26-23-9-10-24-21(22(23)15-16-29(25,26)6)11-14-27(31)28(24)32-20(5)30/h9-10,17-19,25-26,28H,7-8,11-16H2,1-6H3/t18-,19+,25-,26-,28+,29+/m0/s1. The Labute approximate surface area is 194 Å². The highest BCUT2D eigenvalue weighted by atomic mass is 16.5. The fourth-order valence-electron chi connectivity index (χ4n) is 7.26. The molecule has 0 spiro atoms. The van der Waals surface area contributed by atoms with Crippen molar-refractivity contribution >= 4 is 11.8 Å². The maximum atomic E-state index is 12.5. The molecule has 0 N–H and O–H groups in total. The van der Waals surface area contributed by atoms with Crippen molar-refractivity contribution in [3.8, 4) is 0 Å². The van der Waals surface area contributed by atoms with E-state index in [1.807, 2.05) is 0 Å². The van der Waals surface area contributed by atoms with Crippen molar-refractivity contribution in [1.82, 2.24) is 0 Å². The molecule has 1 fully saturated rings. The lowest BCUT2D eigenvalue weighted by Gasteiger charge is -2.45. The van der Waals surface area contributed by atoms with Gasteiger partial charge in [0.1, 0.15) is 0 Å². The molecule has 3 heteroatoms. The molecule has 0 heterocycles. The zero-order valence-electron chi connectivity index (χ0n) is 21.0. The first kappa shape index (κ1) is 23.5. The molecule has 3 aliphatic rings. The number of esters is 1. The van der Waals surface area contributed by atoms with Gasteiger partial charge in [-0.15, -0.1) is 0 Å². The summed E-state index contributed by atoms with van der Waals surface area (Å²) >= 11 is 0. The van der Waals surface area contributed by atoms with Gasteiger partial charge in [-0.25, -0.2) is 0 Å². The van der Waals surface area contributed by atoms with Crippen LogP contribution in [-0.2, 0) is 27.2 Å². The number of ketones is 1. The number of ether oxygens (including phenoxy) is 1. The lowest BCUT2D eigenvalue weighted by atomic mass is 9.59. The first-order valence-electron chi connectivity index (χ1n) is 13.0. The summed E-state index contributed by atoms with van der Waals surface area (Å²) in [6.07, 6.45) is 8.21. The van der Waals surface area contributed by atoms with Crippen LogP contribution in [0.3, 0.4) is 0 Å². The first-order valence-corrected chi connectivity index (χ1v) is 13.0. The predicted molar refractivity (Wildman–Crippen MR) is 129 cm³/mol. The highest BCUT2D eigenvalue weighted by molar-refractivity contribution is 5.89. The molecule has 3 nitrogen and oxygen atoms in total. The molecule has 4 rings (SSSR count). The van der Waals surface area contributed by atoms with Gasteiger partial charge in [-0.1, -0.05) is 59.6 Å². The summed E-state index contributed by atoms with van der Waals surface area (Å²) in [7, 11) is 0. The third kappa shape index (κ3) is 4.05. The Morgan fingerprint density at radius 3 is 2.41 bits per heavy atom. The minimum absolute atomic E-state index is 0.0404. The Kier molecular flexibility index (Phi) is 6.58. The quantitative estimate of drug-likeness (QED) is 0.451. The Balaban J connectivity index is 1.58. The van der Waals surface area contributed by atoms with Crippen molar-refractivity contribution in [2.24, 2.45) is 29.1 Å². The minimum Gasteiger partial charge on any atom is -0.450 e. The second-order valence-corrected chi connectivity index (χ2v) is 11.7. The molecule has 1 aromatic rings. The number of Topliss-reactive ketones (excluding diaryl/α,β-unsaturated/α-hetero) is 1. The Hall–Kier alpha value is -1.64. The van der Waals surface area contributed by atoms with Crippen LogP contribution in [0, 0.1) is 29.1 Å². The highest BCUT2D eigenvalue weighted by Crippen LogP contribution is 2.61. The number of hydrogen-bond donors (Lipinski definition) is 0. The predicted octanol–water partition coefficient (Wildman–Crippen LogP) is 6.96. The van der Waals surface area contributed by atoms with E-state index >= 15 is 0 Å². The average Bonchev–Trinajstić information content (AvgIpc) is 3.10. The van der Waals surface area contributed by atoms with E-state index in [4.69, 9.17) is 4.74 Å². The normalized spacial score (nSPS) is 31.0. The summed E-state index contributed by atoms with van der Waals surface area (Å²) in [5.74, 6) is 3.43. The van der Waals surface area contributed by atoms with Gasteiger partial charge in [0, 0.05) is 18.9 Å². The molecule has 6 atom stereocenters. The van der Waals surface area contributed by atoms with E-state index in [1.54, 1.807) is 0 Å².